The van der Waals surface area contributed by atoms with Gasteiger partial charge in [0, 0.05) is 16.3 Å². The second-order valence-electron chi connectivity index (χ2n) is 5.25. The number of benzene rings is 3. The minimum Gasteiger partial charge on any atom is -0.256 e. The summed E-state index contributed by atoms with van der Waals surface area (Å²) in [5.41, 5.74) is 2.39. The molecule has 23 heavy (non-hydrogen) atoms. The summed E-state index contributed by atoms with van der Waals surface area (Å²) in [7, 11) is -0.732. The minimum atomic E-state index is -0.732. The summed E-state index contributed by atoms with van der Waals surface area (Å²) >= 11 is 0. The zero-order valence-electron chi connectivity index (χ0n) is 13.3. The summed E-state index contributed by atoms with van der Waals surface area (Å²) in [6, 6.07) is 31.7. The monoisotopic (exact) mass is 317 g/mol. The molecule has 0 saturated carbocycles. The lowest BCUT2D eigenvalue weighted by Gasteiger charge is -2.16. The van der Waals surface area contributed by atoms with E-state index in [0.717, 1.165) is 6.42 Å². The van der Waals surface area contributed by atoms with E-state index in [1.54, 1.807) is 0 Å². The van der Waals surface area contributed by atoms with Crippen molar-refractivity contribution in [3.63, 3.8) is 0 Å². The summed E-state index contributed by atoms with van der Waals surface area (Å²) in [4.78, 5) is 0. The van der Waals surface area contributed by atoms with Gasteiger partial charge in [-0.2, -0.15) is 0 Å². The molecule has 0 aliphatic carbocycles. The van der Waals surface area contributed by atoms with Gasteiger partial charge in [-0.25, -0.2) is 0 Å². The molecule has 0 atom stereocenters. The third-order valence-electron chi connectivity index (χ3n) is 3.66. The first kappa shape index (κ1) is 15.6. The van der Waals surface area contributed by atoms with Gasteiger partial charge in [0.05, 0.1) is 8.07 Å². The van der Waals surface area contributed by atoms with Crippen molar-refractivity contribution in [1.82, 2.24) is 0 Å². The predicted molar refractivity (Wildman–Crippen MR) is 102 cm³/mol. The third kappa shape index (κ3) is 3.94. The van der Waals surface area contributed by atoms with Crippen LogP contribution in [0, 0.1) is 0 Å². The van der Waals surface area contributed by atoms with Crippen molar-refractivity contribution in [2.24, 2.45) is 4.76 Å². The normalized spacial score (nSPS) is 11.7. The van der Waals surface area contributed by atoms with Crippen LogP contribution in [-0.4, -0.2) is 5.71 Å². The molecule has 114 valence electrons. The Morgan fingerprint density at radius 2 is 1.13 bits per heavy atom. The van der Waals surface area contributed by atoms with Crippen LogP contribution in [0.4, 0.5) is 0 Å². The van der Waals surface area contributed by atoms with Gasteiger partial charge in [0.25, 0.3) is 0 Å². The van der Waals surface area contributed by atoms with E-state index in [-0.39, 0.29) is 0 Å². The van der Waals surface area contributed by atoms with E-state index in [0.29, 0.717) is 0 Å². The van der Waals surface area contributed by atoms with E-state index in [9.17, 15) is 0 Å². The smallest absolute Gasteiger partial charge is 0.0783 e. The topological polar surface area (TPSA) is 12.4 Å². The van der Waals surface area contributed by atoms with Gasteiger partial charge in [0.1, 0.15) is 0 Å². The maximum atomic E-state index is 5.19. The molecule has 0 spiro atoms. The van der Waals surface area contributed by atoms with Crippen molar-refractivity contribution >= 4 is 24.4 Å². The fourth-order valence-corrected chi connectivity index (χ4v) is 4.42. The van der Waals surface area contributed by atoms with Crippen molar-refractivity contribution in [1.29, 1.82) is 0 Å². The molecule has 2 heteroatoms. The van der Waals surface area contributed by atoms with Gasteiger partial charge in [0.2, 0.25) is 0 Å². The molecule has 0 unspecified atom stereocenters. The number of nitrogens with zero attached hydrogens (tertiary/aromatic N) is 1. The molecular formula is C21H20NP. The molecule has 0 radical (unpaired) electrons. The average Bonchev–Trinajstić information content (AvgIpc) is 2.65. The highest BCUT2D eigenvalue weighted by Gasteiger charge is 2.14. The Balaban J connectivity index is 2.07. The van der Waals surface area contributed by atoms with E-state index < -0.39 is 8.07 Å². The van der Waals surface area contributed by atoms with E-state index >= 15 is 0 Å². The van der Waals surface area contributed by atoms with Gasteiger partial charge in [0.15, 0.2) is 0 Å². The van der Waals surface area contributed by atoms with Crippen molar-refractivity contribution in [3.8, 4) is 0 Å². The maximum Gasteiger partial charge on any atom is 0.0783 e. The van der Waals surface area contributed by atoms with Crippen molar-refractivity contribution in [2.45, 2.75) is 13.3 Å². The highest BCUT2D eigenvalue weighted by atomic mass is 31.1. The molecule has 0 aromatic heterocycles. The molecule has 0 aliphatic heterocycles. The SMILES string of the molecule is CC/C(=N\P(c1ccccc1)c1ccccc1)c1ccccc1. The Bertz CT molecular complexity index is 712. The molecule has 3 aromatic rings. The van der Waals surface area contributed by atoms with Gasteiger partial charge in [-0.15, -0.1) is 0 Å². The molecule has 0 heterocycles. The first-order valence-electron chi connectivity index (χ1n) is 7.91. The quantitative estimate of drug-likeness (QED) is 0.467. The van der Waals surface area contributed by atoms with E-state index in [2.05, 4.69) is 91.9 Å². The van der Waals surface area contributed by atoms with Crippen LogP contribution >= 0.6 is 8.07 Å². The van der Waals surface area contributed by atoms with Crippen LogP contribution in [0.1, 0.15) is 18.9 Å². The first-order valence-corrected chi connectivity index (χ1v) is 9.21. The first-order chi connectivity index (χ1) is 11.4. The number of rotatable bonds is 5. The van der Waals surface area contributed by atoms with Gasteiger partial charge >= 0.3 is 0 Å². The van der Waals surface area contributed by atoms with Crippen molar-refractivity contribution < 1.29 is 0 Å². The second kappa shape index (κ2) is 7.85. The highest BCUT2D eigenvalue weighted by molar-refractivity contribution is 7.72. The Morgan fingerprint density at radius 1 is 0.696 bits per heavy atom. The van der Waals surface area contributed by atoms with Crippen molar-refractivity contribution in [2.75, 3.05) is 0 Å². The lowest BCUT2D eigenvalue weighted by atomic mass is 10.1. The molecule has 0 aliphatic rings. The van der Waals surface area contributed by atoms with E-state index in [1.807, 2.05) is 6.07 Å². The van der Waals surface area contributed by atoms with Crippen LogP contribution in [0.2, 0.25) is 0 Å². The zero-order chi connectivity index (χ0) is 15.9. The minimum absolute atomic E-state index is 0.732. The summed E-state index contributed by atoms with van der Waals surface area (Å²) in [5.74, 6) is 0. The molecule has 0 fully saturated rings. The molecular weight excluding hydrogens is 297 g/mol. The van der Waals surface area contributed by atoms with Gasteiger partial charge in [-0.3, -0.25) is 4.76 Å². The standard InChI is InChI=1S/C21H20NP/c1-2-21(18-12-6-3-7-13-18)22-23(19-14-8-4-9-15-19)20-16-10-5-11-17-20/h3-17H,2H2,1H3/b22-21+. The largest absolute Gasteiger partial charge is 0.256 e. The molecule has 0 N–H and O–H groups in total. The maximum absolute atomic E-state index is 5.19. The summed E-state index contributed by atoms with van der Waals surface area (Å²) in [6.07, 6.45) is 0.933. The summed E-state index contributed by atoms with van der Waals surface area (Å²) in [5, 5.41) is 2.58. The van der Waals surface area contributed by atoms with Crippen LogP contribution in [0.3, 0.4) is 0 Å². The second-order valence-corrected chi connectivity index (χ2v) is 7.11. The molecule has 0 saturated heterocycles. The van der Waals surface area contributed by atoms with E-state index in [4.69, 9.17) is 4.76 Å². The Kier molecular flexibility index (Phi) is 5.34. The Labute approximate surface area is 139 Å². The van der Waals surface area contributed by atoms with Crippen LogP contribution in [-0.2, 0) is 0 Å². The van der Waals surface area contributed by atoms with Gasteiger partial charge in [-0.05, 0) is 12.0 Å². The average molecular weight is 317 g/mol. The van der Waals surface area contributed by atoms with Crippen LogP contribution < -0.4 is 10.6 Å². The summed E-state index contributed by atoms with van der Waals surface area (Å²) < 4.78 is 5.19. The van der Waals surface area contributed by atoms with Crippen molar-refractivity contribution in [3.05, 3.63) is 96.6 Å². The Hall–Kier alpha value is -2.24. The van der Waals surface area contributed by atoms with Crippen LogP contribution in [0.25, 0.3) is 0 Å². The van der Waals surface area contributed by atoms with Gasteiger partial charge in [-0.1, -0.05) is 97.9 Å². The fraction of sp³-hybridized carbons (Fsp3) is 0.0952. The number of hydrogen-bond donors (Lipinski definition) is 0. The molecule has 1 nitrogen and oxygen atoms in total. The third-order valence-corrected chi connectivity index (χ3v) is 5.68. The molecule has 3 rings (SSSR count). The highest BCUT2D eigenvalue weighted by Crippen LogP contribution is 2.36. The lowest BCUT2D eigenvalue weighted by Crippen LogP contribution is -2.11. The lowest BCUT2D eigenvalue weighted by molar-refractivity contribution is 1.28. The zero-order valence-corrected chi connectivity index (χ0v) is 14.2. The number of hydrogen-bond acceptors (Lipinski definition) is 1. The van der Waals surface area contributed by atoms with Crippen LogP contribution in [0.5, 0.6) is 0 Å². The molecule has 0 bridgehead atoms. The summed E-state index contributed by atoms with van der Waals surface area (Å²) in [6.45, 7) is 2.18. The fourth-order valence-electron chi connectivity index (χ4n) is 2.49. The van der Waals surface area contributed by atoms with Crippen LogP contribution in [0.15, 0.2) is 95.8 Å². The molecule has 0 amide bonds. The molecule has 3 aromatic carbocycles. The predicted octanol–water partition coefficient (Wildman–Crippen LogP) is 4.93. The van der Waals surface area contributed by atoms with Gasteiger partial charge < -0.3 is 0 Å². The van der Waals surface area contributed by atoms with E-state index in [1.165, 1.54) is 21.9 Å². The Morgan fingerprint density at radius 3 is 1.57 bits per heavy atom.